The largest absolute Gasteiger partial charge is 0.375 e. The summed E-state index contributed by atoms with van der Waals surface area (Å²) in [7, 11) is 0. The Morgan fingerprint density at radius 1 is 1.19 bits per heavy atom. The number of anilines is 2. The first kappa shape index (κ1) is 14.8. The van der Waals surface area contributed by atoms with Gasteiger partial charge >= 0.3 is 0 Å². The van der Waals surface area contributed by atoms with E-state index in [1.807, 2.05) is 0 Å². The van der Waals surface area contributed by atoms with Crippen molar-refractivity contribution in [3.63, 3.8) is 0 Å². The molecule has 3 heterocycles. The van der Waals surface area contributed by atoms with Crippen molar-refractivity contribution in [3.05, 3.63) is 5.28 Å². The Hall–Kier alpha value is -1.14. The number of aromatic nitrogens is 3. The monoisotopic (exact) mass is 311 g/mol. The van der Waals surface area contributed by atoms with Crippen LogP contribution in [-0.2, 0) is 4.74 Å². The van der Waals surface area contributed by atoms with Crippen molar-refractivity contribution >= 4 is 23.5 Å². The lowest BCUT2D eigenvalue weighted by atomic mass is 10.1. The van der Waals surface area contributed by atoms with Gasteiger partial charge in [0, 0.05) is 19.6 Å². The van der Waals surface area contributed by atoms with E-state index in [1.54, 1.807) is 0 Å². The molecule has 6 nitrogen and oxygen atoms in total. The molecule has 0 aliphatic carbocycles. The van der Waals surface area contributed by atoms with Crippen molar-refractivity contribution in [2.24, 2.45) is 0 Å². The van der Waals surface area contributed by atoms with E-state index < -0.39 is 0 Å². The SMILES string of the molecule is CCC1COC(C)CN1c1nc(Cl)nc(N2CCCC2)n1. The number of halogens is 1. The number of ether oxygens (including phenoxy) is 1. The van der Waals surface area contributed by atoms with E-state index in [2.05, 4.69) is 38.6 Å². The molecule has 0 saturated carbocycles. The predicted octanol–water partition coefficient (Wildman–Crippen LogP) is 2.13. The second-order valence-corrected chi connectivity index (χ2v) is 6.10. The second-order valence-electron chi connectivity index (χ2n) is 5.76. The Kier molecular flexibility index (Phi) is 4.45. The Morgan fingerprint density at radius 3 is 2.62 bits per heavy atom. The molecule has 2 atom stereocenters. The van der Waals surface area contributed by atoms with E-state index in [0.29, 0.717) is 24.5 Å². The van der Waals surface area contributed by atoms with Gasteiger partial charge in [-0.15, -0.1) is 0 Å². The minimum Gasteiger partial charge on any atom is -0.375 e. The Labute approximate surface area is 130 Å². The van der Waals surface area contributed by atoms with Crippen LogP contribution >= 0.6 is 11.6 Å². The molecule has 3 rings (SSSR count). The normalized spacial score (nSPS) is 26.4. The highest BCUT2D eigenvalue weighted by Gasteiger charge is 2.29. The minimum atomic E-state index is 0.179. The van der Waals surface area contributed by atoms with Crippen LogP contribution in [0.1, 0.15) is 33.1 Å². The van der Waals surface area contributed by atoms with Gasteiger partial charge in [-0.1, -0.05) is 6.92 Å². The minimum absolute atomic E-state index is 0.179. The van der Waals surface area contributed by atoms with Crippen LogP contribution in [0.5, 0.6) is 0 Å². The Bertz CT molecular complexity index is 494. The molecule has 0 N–H and O–H groups in total. The fourth-order valence-electron chi connectivity index (χ4n) is 2.94. The van der Waals surface area contributed by atoms with Crippen molar-refractivity contribution in [2.45, 2.75) is 45.3 Å². The average Bonchev–Trinajstić information content (AvgIpc) is 3.01. The van der Waals surface area contributed by atoms with Gasteiger partial charge in [0.2, 0.25) is 17.2 Å². The topological polar surface area (TPSA) is 54.4 Å². The van der Waals surface area contributed by atoms with Gasteiger partial charge in [0.15, 0.2) is 0 Å². The summed E-state index contributed by atoms with van der Waals surface area (Å²) in [6, 6.07) is 0.297. The van der Waals surface area contributed by atoms with E-state index in [0.717, 1.165) is 26.1 Å². The zero-order chi connectivity index (χ0) is 14.8. The summed E-state index contributed by atoms with van der Waals surface area (Å²) >= 11 is 6.13. The highest BCUT2D eigenvalue weighted by molar-refractivity contribution is 6.28. The molecule has 2 saturated heterocycles. The van der Waals surface area contributed by atoms with E-state index >= 15 is 0 Å². The summed E-state index contributed by atoms with van der Waals surface area (Å²) < 4.78 is 5.74. The standard InChI is InChI=1S/C14H22ClN5O/c1-3-11-9-21-10(2)8-20(11)14-17-12(15)16-13(18-14)19-6-4-5-7-19/h10-11H,3-9H2,1-2H3. The summed E-state index contributed by atoms with van der Waals surface area (Å²) in [6.07, 6.45) is 3.54. The van der Waals surface area contributed by atoms with Crippen molar-refractivity contribution in [1.82, 2.24) is 15.0 Å². The van der Waals surface area contributed by atoms with E-state index in [1.165, 1.54) is 12.8 Å². The van der Waals surface area contributed by atoms with Crippen molar-refractivity contribution in [3.8, 4) is 0 Å². The second kappa shape index (κ2) is 6.32. The van der Waals surface area contributed by atoms with E-state index in [9.17, 15) is 0 Å². The number of morpholine rings is 1. The van der Waals surface area contributed by atoms with Gasteiger partial charge in [0.25, 0.3) is 0 Å². The first-order valence-corrected chi connectivity index (χ1v) is 8.10. The maximum Gasteiger partial charge on any atom is 0.231 e. The lowest BCUT2D eigenvalue weighted by Crippen LogP contribution is -2.49. The Balaban J connectivity index is 1.89. The third-order valence-corrected chi connectivity index (χ3v) is 4.34. The van der Waals surface area contributed by atoms with Gasteiger partial charge in [-0.3, -0.25) is 0 Å². The fraction of sp³-hybridized carbons (Fsp3) is 0.786. The number of rotatable bonds is 3. The van der Waals surface area contributed by atoms with Crippen LogP contribution in [0.15, 0.2) is 0 Å². The maximum absolute atomic E-state index is 6.13. The summed E-state index contributed by atoms with van der Waals surface area (Å²) in [6.45, 7) is 7.72. The summed E-state index contributed by atoms with van der Waals surface area (Å²) in [4.78, 5) is 17.7. The molecular weight excluding hydrogens is 290 g/mol. The van der Waals surface area contributed by atoms with Gasteiger partial charge in [-0.05, 0) is 37.8 Å². The van der Waals surface area contributed by atoms with Gasteiger partial charge < -0.3 is 14.5 Å². The quantitative estimate of drug-likeness (QED) is 0.852. The molecule has 0 spiro atoms. The highest BCUT2D eigenvalue weighted by Crippen LogP contribution is 2.24. The maximum atomic E-state index is 6.13. The third-order valence-electron chi connectivity index (χ3n) is 4.17. The zero-order valence-corrected chi connectivity index (χ0v) is 13.4. The molecule has 2 aliphatic rings. The van der Waals surface area contributed by atoms with Crippen molar-refractivity contribution in [1.29, 1.82) is 0 Å². The van der Waals surface area contributed by atoms with Crippen LogP contribution < -0.4 is 9.80 Å². The van der Waals surface area contributed by atoms with Crippen LogP contribution in [0.3, 0.4) is 0 Å². The lowest BCUT2D eigenvalue weighted by molar-refractivity contribution is 0.0292. The molecule has 1 aromatic rings. The summed E-state index contributed by atoms with van der Waals surface area (Å²) in [5.41, 5.74) is 0. The Morgan fingerprint density at radius 2 is 1.90 bits per heavy atom. The van der Waals surface area contributed by atoms with Gasteiger partial charge in [-0.25, -0.2) is 0 Å². The third kappa shape index (κ3) is 3.21. The molecule has 21 heavy (non-hydrogen) atoms. The number of hydrogen-bond acceptors (Lipinski definition) is 6. The molecule has 7 heteroatoms. The van der Waals surface area contributed by atoms with Gasteiger partial charge in [0.05, 0.1) is 18.8 Å². The lowest BCUT2D eigenvalue weighted by Gasteiger charge is -2.38. The number of nitrogens with zero attached hydrogens (tertiary/aromatic N) is 5. The van der Waals surface area contributed by atoms with Crippen LogP contribution in [0.25, 0.3) is 0 Å². The average molecular weight is 312 g/mol. The molecule has 0 radical (unpaired) electrons. The molecule has 1 aromatic heterocycles. The smallest absolute Gasteiger partial charge is 0.231 e. The first-order chi connectivity index (χ1) is 10.2. The highest BCUT2D eigenvalue weighted by atomic mass is 35.5. The van der Waals surface area contributed by atoms with Crippen LogP contribution in [-0.4, -0.2) is 53.3 Å². The zero-order valence-electron chi connectivity index (χ0n) is 12.6. The van der Waals surface area contributed by atoms with Crippen LogP contribution in [0.2, 0.25) is 5.28 Å². The molecular formula is C14H22ClN5O. The molecule has 116 valence electrons. The fourth-order valence-corrected chi connectivity index (χ4v) is 3.09. The molecule has 0 bridgehead atoms. The van der Waals surface area contributed by atoms with Crippen molar-refractivity contribution < 1.29 is 4.74 Å². The summed E-state index contributed by atoms with van der Waals surface area (Å²) in [5.74, 6) is 1.38. The molecule has 2 unspecified atom stereocenters. The summed E-state index contributed by atoms with van der Waals surface area (Å²) in [5, 5.41) is 0.274. The molecule has 2 aliphatic heterocycles. The van der Waals surface area contributed by atoms with E-state index in [-0.39, 0.29) is 11.4 Å². The predicted molar refractivity (Wildman–Crippen MR) is 83.1 cm³/mol. The van der Waals surface area contributed by atoms with E-state index in [4.69, 9.17) is 16.3 Å². The first-order valence-electron chi connectivity index (χ1n) is 7.72. The van der Waals surface area contributed by atoms with Gasteiger partial charge in [-0.2, -0.15) is 15.0 Å². The van der Waals surface area contributed by atoms with Crippen LogP contribution in [0.4, 0.5) is 11.9 Å². The molecule has 0 amide bonds. The van der Waals surface area contributed by atoms with Gasteiger partial charge in [0.1, 0.15) is 0 Å². The molecule has 2 fully saturated rings. The molecule has 0 aromatic carbocycles. The van der Waals surface area contributed by atoms with Crippen LogP contribution in [0, 0.1) is 0 Å². The number of hydrogen-bond donors (Lipinski definition) is 0. The van der Waals surface area contributed by atoms with Crippen molar-refractivity contribution in [2.75, 3.05) is 36.0 Å².